The second-order valence-corrected chi connectivity index (χ2v) is 8.83. The molecule has 0 unspecified atom stereocenters. The summed E-state index contributed by atoms with van der Waals surface area (Å²) in [5, 5.41) is 2.71. The van der Waals surface area contributed by atoms with E-state index in [4.69, 9.17) is 0 Å². The summed E-state index contributed by atoms with van der Waals surface area (Å²) in [7, 11) is 0. The maximum absolute atomic E-state index is 13.0. The lowest BCUT2D eigenvalue weighted by Gasteiger charge is -2.21. The minimum absolute atomic E-state index is 0.00556. The molecule has 1 aliphatic rings. The number of aromatic nitrogens is 2. The lowest BCUT2D eigenvalue weighted by Crippen LogP contribution is -2.36. The third-order valence-corrected chi connectivity index (χ3v) is 6.94. The quantitative estimate of drug-likeness (QED) is 0.595. The van der Waals surface area contributed by atoms with Crippen LogP contribution in [0.4, 0.5) is 0 Å². The van der Waals surface area contributed by atoms with Crippen molar-refractivity contribution in [2.45, 2.75) is 38.8 Å². The van der Waals surface area contributed by atoms with Gasteiger partial charge in [0.1, 0.15) is 11.4 Å². The van der Waals surface area contributed by atoms with E-state index in [2.05, 4.69) is 11.6 Å². The van der Waals surface area contributed by atoms with Crippen molar-refractivity contribution in [2.75, 3.05) is 6.54 Å². The first-order chi connectivity index (χ1) is 13.2. The van der Waals surface area contributed by atoms with Crippen molar-refractivity contribution in [3.63, 3.8) is 0 Å². The highest BCUT2D eigenvalue weighted by Gasteiger charge is 2.21. The number of thiophene rings is 2. The molecule has 3 heterocycles. The molecule has 0 bridgehead atoms. The molecule has 0 spiro atoms. The predicted octanol–water partition coefficient (Wildman–Crippen LogP) is 3.61. The molecule has 1 aliphatic carbocycles. The smallest absolute Gasteiger partial charge is 0.262 e. The zero-order valence-corrected chi connectivity index (χ0v) is 16.7. The van der Waals surface area contributed by atoms with Crippen LogP contribution in [0, 0.1) is 0 Å². The Kier molecular flexibility index (Phi) is 5.22. The molecule has 0 radical (unpaired) electrons. The van der Waals surface area contributed by atoms with E-state index in [0.717, 1.165) is 39.9 Å². The van der Waals surface area contributed by atoms with Crippen molar-refractivity contribution in [1.82, 2.24) is 14.5 Å². The van der Waals surface area contributed by atoms with Crippen molar-refractivity contribution in [2.24, 2.45) is 0 Å². The van der Waals surface area contributed by atoms with Crippen LogP contribution in [0.1, 0.15) is 28.2 Å². The van der Waals surface area contributed by atoms with Crippen LogP contribution < -0.4 is 5.56 Å². The van der Waals surface area contributed by atoms with Crippen molar-refractivity contribution < 1.29 is 4.79 Å². The second-order valence-electron chi connectivity index (χ2n) is 6.71. The normalized spacial score (nSPS) is 13.5. The summed E-state index contributed by atoms with van der Waals surface area (Å²) < 4.78 is 1.46. The maximum atomic E-state index is 13.0. The Balaban J connectivity index is 1.61. The number of carbonyl (C=O) groups is 1. The largest absolute Gasteiger partial charge is 0.332 e. The van der Waals surface area contributed by atoms with Crippen LogP contribution in [0.5, 0.6) is 0 Å². The van der Waals surface area contributed by atoms with E-state index >= 15 is 0 Å². The standard InChI is InChI=1S/C20H21N3O2S2/c1-2-9-22(11-14-6-5-10-26-14)17(24)12-23-13-21-19-18(20(23)25)15-7-3-4-8-16(15)27-19/h2,5-6,10,13H,1,3-4,7-9,11-12H2. The Bertz CT molecular complexity index is 1030. The van der Waals surface area contributed by atoms with Crippen LogP contribution in [-0.2, 0) is 30.7 Å². The van der Waals surface area contributed by atoms with Gasteiger partial charge in [0.05, 0.1) is 18.3 Å². The summed E-state index contributed by atoms with van der Waals surface area (Å²) in [6, 6.07) is 3.98. The summed E-state index contributed by atoms with van der Waals surface area (Å²) >= 11 is 3.24. The molecule has 27 heavy (non-hydrogen) atoms. The van der Waals surface area contributed by atoms with Gasteiger partial charge in [-0.1, -0.05) is 12.1 Å². The van der Waals surface area contributed by atoms with Crippen molar-refractivity contribution in [3.05, 3.63) is 62.2 Å². The molecular weight excluding hydrogens is 378 g/mol. The molecule has 1 amide bonds. The zero-order chi connectivity index (χ0) is 18.8. The summed E-state index contributed by atoms with van der Waals surface area (Å²) in [5.41, 5.74) is 1.06. The molecule has 3 aromatic rings. The van der Waals surface area contributed by atoms with E-state index < -0.39 is 0 Å². The number of rotatable bonds is 6. The van der Waals surface area contributed by atoms with Gasteiger partial charge in [0.15, 0.2) is 0 Å². The highest BCUT2D eigenvalue weighted by Crippen LogP contribution is 2.33. The molecule has 0 aromatic carbocycles. The Morgan fingerprint density at radius 1 is 1.37 bits per heavy atom. The van der Waals surface area contributed by atoms with Crippen LogP contribution in [-0.4, -0.2) is 26.9 Å². The zero-order valence-electron chi connectivity index (χ0n) is 15.0. The minimum Gasteiger partial charge on any atom is -0.332 e. The van der Waals surface area contributed by atoms with Crippen molar-refractivity contribution in [3.8, 4) is 0 Å². The molecule has 0 saturated carbocycles. The first-order valence-electron chi connectivity index (χ1n) is 9.08. The maximum Gasteiger partial charge on any atom is 0.262 e. The van der Waals surface area contributed by atoms with Gasteiger partial charge in [0, 0.05) is 16.3 Å². The predicted molar refractivity (Wildman–Crippen MR) is 110 cm³/mol. The SMILES string of the molecule is C=CCN(Cc1cccs1)C(=O)Cn1cnc2sc3c(c2c1=O)CCCC3. The first kappa shape index (κ1) is 18.1. The lowest BCUT2D eigenvalue weighted by molar-refractivity contribution is -0.131. The van der Waals surface area contributed by atoms with Gasteiger partial charge in [-0.3, -0.25) is 14.2 Å². The number of fused-ring (bicyclic) bond motifs is 3. The highest BCUT2D eigenvalue weighted by atomic mass is 32.1. The van der Waals surface area contributed by atoms with Crippen molar-refractivity contribution in [1.29, 1.82) is 0 Å². The minimum atomic E-state index is -0.101. The molecule has 5 nitrogen and oxygen atoms in total. The average molecular weight is 400 g/mol. The lowest BCUT2D eigenvalue weighted by atomic mass is 9.97. The van der Waals surface area contributed by atoms with Crippen molar-refractivity contribution >= 4 is 38.8 Å². The Morgan fingerprint density at radius 3 is 3.00 bits per heavy atom. The van der Waals surface area contributed by atoms with E-state index in [1.165, 1.54) is 22.2 Å². The topological polar surface area (TPSA) is 55.2 Å². The molecule has 0 aliphatic heterocycles. The van der Waals surface area contributed by atoms with Crippen LogP contribution in [0.25, 0.3) is 10.2 Å². The Labute approximate surface area is 165 Å². The molecule has 0 saturated heterocycles. The van der Waals surface area contributed by atoms with E-state index in [9.17, 15) is 9.59 Å². The molecule has 140 valence electrons. The number of aryl methyl sites for hydroxylation is 2. The first-order valence-corrected chi connectivity index (χ1v) is 10.8. The third-order valence-electron chi connectivity index (χ3n) is 4.88. The summed E-state index contributed by atoms with van der Waals surface area (Å²) in [4.78, 5) is 35.3. The van der Waals surface area contributed by atoms with Gasteiger partial charge in [0.25, 0.3) is 5.56 Å². The van der Waals surface area contributed by atoms with Gasteiger partial charge in [-0.05, 0) is 42.7 Å². The van der Waals surface area contributed by atoms with Gasteiger partial charge in [-0.2, -0.15) is 0 Å². The third kappa shape index (κ3) is 3.61. The fraction of sp³-hybridized carbons (Fsp3) is 0.350. The van der Waals surface area contributed by atoms with Crippen LogP contribution >= 0.6 is 22.7 Å². The van der Waals surface area contributed by atoms with Crippen LogP contribution in [0.3, 0.4) is 0 Å². The molecule has 7 heteroatoms. The second kappa shape index (κ2) is 7.78. The van der Waals surface area contributed by atoms with Gasteiger partial charge in [-0.25, -0.2) is 4.98 Å². The van der Waals surface area contributed by atoms with Crippen LogP contribution in [0.15, 0.2) is 41.3 Å². The monoisotopic (exact) mass is 399 g/mol. The number of hydrogen-bond donors (Lipinski definition) is 0. The number of hydrogen-bond acceptors (Lipinski definition) is 5. The van der Waals surface area contributed by atoms with Gasteiger partial charge in [-0.15, -0.1) is 29.3 Å². The summed E-state index contributed by atoms with van der Waals surface area (Å²) in [6.07, 6.45) is 7.48. The molecular formula is C20H21N3O2S2. The molecule has 0 N–H and O–H groups in total. The van der Waals surface area contributed by atoms with Crippen LogP contribution in [0.2, 0.25) is 0 Å². The Morgan fingerprint density at radius 2 is 2.22 bits per heavy atom. The fourth-order valence-electron chi connectivity index (χ4n) is 3.54. The molecule has 0 atom stereocenters. The summed E-state index contributed by atoms with van der Waals surface area (Å²) in [5.74, 6) is -0.101. The average Bonchev–Trinajstić information content (AvgIpc) is 3.31. The van der Waals surface area contributed by atoms with E-state index in [0.29, 0.717) is 13.1 Å². The van der Waals surface area contributed by atoms with Gasteiger partial charge >= 0.3 is 0 Å². The van der Waals surface area contributed by atoms with Gasteiger partial charge in [0.2, 0.25) is 5.91 Å². The van der Waals surface area contributed by atoms with E-state index in [1.54, 1.807) is 33.6 Å². The molecule has 3 aromatic heterocycles. The number of nitrogens with zero attached hydrogens (tertiary/aromatic N) is 3. The van der Waals surface area contributed by atoms with E-state index in [1.807, 2.05) is 17.5 Å². The highest BCUT2D eigenvalue weighted by molar-refractivity contribution is 7.18. The van der Waals surface area contributed by atoms with E-state index in [-0.39, 0.29) is 18.0 Å². The Hall–Kier alpha value is -2.25. The fourth-order valence-corrected chi connectivity index (χ4v) is 5.48. The number of carbonyl (C=O) groups excluding carboxylic acids is 1. The molecule has 4 rings (SSSR count). The number of amides is 1. The van der Waals surface area contributed by atoms with Gasteiger partial charge < -0.3 is 4.90 Å². The summed E-state index contributed by atoms with van der Waals surface area (Å²) in [6.45, 7) is 4.74. The molecule has 0 fully saturated rings.